The van der Waals surface area contributed by atoms with Crippen molar-refractivity contribution in [3.05, 3.63) is 199 Å². The SMILES string of the molecule is CC(C)(C)c1ccc2c(c1)B1c3c(cccc3N(c3ccc4c5ccccc5c5ccccc5c4c3)c3oc4ccc(C(C)(C)C)cc4c31)N2c1ccc2c3ccccc3c3ccccc3c2c1. The van der Waals surface area contributed by atoms with Crippen LogP contribution < -0.4 is 26.2 Å². The van der Waals surface area contributed by atoms with E-state index in [1.165, 1.54) is 109 Å². The molecule has 0 unspecified atom stereocenters. The molecule has 3 heterocycles. The van der Waals surface area contributed by atoms with Gasteiger partial charge in [0.05, 0.1) is 0 Å². The van der Waals surface area contributed by atoms with Gasteiger partial charge in [-0.2, -0.15) is 0 Å². The fourth-order valence-electron chi connectivity index (χ4n) is 12.0. The van der Waals surface area contributed by atoms with Gasteiger partial charge in [0.25, 0.3) is 6.71 Å². The molecular formula is C64H49BN2O. The van der Waals surface area contributed by atoms with Crippen LogP contribution >= 0.6 is 0 Å². The van der Waals surface area contributed by atoms with E-state index in [0.717, 1.165) is 28.5 Å². The van der Waals surface area contributed by atoms with Crippen molar-refractivity contribution in [1.29, 1.82) is 0 Å². The zero-order valence-corrected chi connectivity index (χ0v) is 39.3. The lowest BCUT2D eigenvalue weighted by atomic mass is 9.33. The number of fused-ring (bicyclic) bond motifs is 18. The summed E-state index contributed by atoms with van der Waals surface area (Å²) in [4.78, 5) is 4.98. The number of rotatable bonds is 2. The number of hydrogen-bond acceptors (Lipinski definition) is 3. The number of furan rings is 1. The van der Waals surface area contributed by atoms with Gasteiger partial charge in [0, 0.05) is 39.3 Å². The summed E-state index contributed by atoms with van der Waals surface area (Å²) in [6, 6.07) is 70.7. The van der Waals surface area contributed by atoms with Crippen molar-refractivity contribution < 1.29 is 4.42 Å². The average molecular weight is 873 g/mol. The van der Waals surface area contributed by atoms with Crippen LogP contribution in [-0.4, -0.2) is 6.71 Å². The summed E-state index contributed by atoms with van der Waals surface area (Å²) in [6.45, 7) is 13.8. The van der Waals surface area contributed by atoms with Crippen LogP contribution in [0.25, 0.3) is 75.6 Å². The van der Waals surface area contributed by atoms with E-state index >= 15 is 0 Å². The lowest BCUT2D eigenvalue weighted by Crippen LogP contribution is -2.61. The zero-order valence-electron chi connectivity index (χ0n) is 39.3. The Hall–Kier alpha value is -7.82. The second-order valence-electron chi connectivity index (χ2n) is 21.3. The molecule has 12 aromatic rings. The summed E-state index contributed by atoms with van der Waals surface area (Å²) in [7, 11) is 0. The first-order chi connectivity index (χ1) is 33.0. The summed E-state index contributed by atoms with van der Waals surface area (Å²) in [5.74, 6) is 0.884. The van der Waals surface area contributed by atoms with Gasteiger partial charge in [-0.15, -0.1) is 0 Å². The molecule has 0 atom stereocenters. The molecule has 0 aliphatic carbocycles. The second kappa shape index (κ2) is 13.9. The Kier molecular flexibility index (Phi) is 8.03. The Labute approximate surface area is 396 Å². The maximum absolute atomic E-state index is 7.31. The molecule has 2 aliphatic heterocycles. The van der Waals surface area contributed by atoms with E-state index in [-0.39, 0.29) is 17.5 Å². The van der Waals surface area contributed by atoms with Gasteiger partial charge in [-0.3, -0.25) is 4.90 Å². The van der Waals surface area contributed by atoms with Gasteiger partial charge < -0.3 is 9.32 Å². The summed E-state index contributed by atoms with van der Waals surface area (Å²) < 4.78 is 7.31. The van der Waals surface area contributed by atoms with Crippen LogP contribution in [0.1, 0.15) is 52.7 Å². The van der Waals surface area contributed by atoms with Crippen LogP contribution in [0.3, 0.4) is 0 Å². The van der Waals surface area contributed by atoms with Gasteiger partial charge in [0.15, 0.2) is 0 Å². The fraction of sp³-hybridized carbons (Fsp3) is 0.125. The topological polar surface area (TPSA) is 19.6 Å². The minimum Gasteiger partial charge on any atom is -0.440 e. The van der Waals surface area contributed by atoms with Crippen LogP contribution in [0, 0.1) is 0 Å². The van der Waals surface area contributed by atoms with E-state index in [2.05, 4.69) is 239 Å². The molecule has 0 saturated heterocycles. The van der Waals surface area contributed by atoms with E-state index in [9.17, 15) is 0 Å². The van der Waals surface area contributed by atoms with E-state index in [4.69, 9.17) is 4.42 Å². The lowest BCUT2D eigenvalue weighted by molar-refractivity contribution is 0.589. The monoisotopic (exact) mass is 872 g/mol. The van der Waals surface area contributed by atoms with E-state index in [1.807, 2.05) is 0 Å². The smallest absolute Gasteiger partial charge is 0.257 e. The quantitative estimate of drug-likeness (QED) is 0.127. The fourth-order valence-corrected chi connectivity index (χ4v) is 12.0. The predicted octanol–water partition coefficient (Wildman–Crippen LogP) is 16.0. The third kappa shape index (κ3) is 5.49. The molecule has 324 valence electrons. The molecule has 0 bridgehead atoms. The largest absolute Gasteiger partial charge is 0.440 e. The van der Waals surface area contributed by atoms with Crippen LogP contribution in [-0.2, 0) is 10.8 Å². The van der Waals surface area contributed by atoms with Crippen LogP contribution in [0.15, 0.2) is 192 Å². The molecule has 1 aromatic heterocycles. The normalized spacial score (nSPS) is 13.6. The number of nitrogens with zero attached hydrogens (tertiary/aromatic N) is 2. The lowest BCUT2D eigenvalue weighted by Gasteiger charge is -2.43. The Balaban J connectivity index is 1.09. The minimum absolute atomic E-state index is 0.0514. The Morgan fingerprint density at radius 2 is 0.765 bits per heavy atom. The molecule has 11 aromatic carbocycles. The molecule has 3 nitrogen and oxygen atoms in total. The van der Waals surface area contributed by atoms with Crippen molar-refractivity contribution in [1.82, 2.24) is 0 Å². The van der Waals surface area contributed by atoms with Gasteiger partial charge in [-0.05, 0) is 152 Å². The molecular weight excluding hydrogens is 824 g/mol. The molecule has 68 heavy (non-hydrogen) atoms. The van der Waals surface area contributed by atoms with Crippen molar-refractivity contribution in [3.63, 3.8) is 0 Å². The molecule has 0 radical (unpaired) electrons. The molecule has 0 fully saturated rings. The van der Waals surface area contributed by atoms with Crippen molar-refractivity contribution in [2.75, 3.05) is 9.80 Å². The Morgan fingerprint density at radius 3 is 1.26 bits per heavy atom. The maximum atomic E-state index is 7.31. The molecule has 0 saturated carbocycles. The first kappa shape index (κ1) is 39.4. The number of benzene rings is 11. The highest BCUT2D eigenvalue weighted by molar-refractivity contribution is 7.01. The zero-order chi connectivity index (χ0) is 45.8. The molecule has 0 N–H and O–H groups in total. The molecule has 4 heteroatoms. The number of hydrogen-bond donors (Lipinski definition) is 0. The van der Waals surface area contributed by atoms with Crippen molar-refractivity contribution in [2.24, 2.45) is 0 Å². The first-order valence-electron chi connectivity index (χ1n) is 24.1. The molecule has 2 aliphatic rings. The summed E-state index contributed by atoms with van der Waals surface area (Å²) >= 11 is 0. The highest BCUT2D eigenvalue weighted by atomic mass is 16.4. The van der Waals surface area contributed by atoms with Crippen LogP contribution in [0.2, 0.25) is 0 Å². The van der Waals surface area contributed by atoms with Gasteiger partial charge in [0.1, 0.15) is 5.58 Å². The van der Waals surface area contributed by atoms with E-state index < -0.39 is 0 Å². The average Bonchev–Trinajstić information content (AvgIpc) is 3.74. The second-order valence-corrected chi connectivity index (χ2v) is 21.3. The standard InChI is InChI=1S/C64H49BN2O/c1-63(2,3)38-27-33-59-54(34-38)60-62(68-59)67(41-29-31-51-47-21-10-8-17-43(47)45-19-12-14-23-49(45)53(51)37-41)58-25-15-24-57-61(58)65(60)55-35-39(64(4,5)6)26-32-56(55)66(57)40-28-30-50-46-20-9-7-16-42(46)44-18-11-13-22-48(44)52(50)36-40/h7-37H,1-6H3. The van der Waals surface area contributed by atoms with Crippen molar-refractivity contribution >= 4 is 133 Å². The Morgan fingerprint density at radius 1 is 0.338 bits per heavy atom. The minimum atomic E-state index is -0.0899. The third-order valence-electron chi connectivity index (χ3n) is 15.3. The Bertz CT molecular complexity index is 4080. The predicted molar refractivity (Wildman–Crippen MR) is 293 cm³/mol. The van der Waals surface area contributed by atoms with Crippen LogP contribution in [0.4, 0.5) is 34.3 Å². The van der Waals surface area contributed by atoms with Crippen molar-refractivity contribution in [3.8, 4) is 0 Å². The van der Waals surface area contributed by atoms with Gasteiger partial charge in [-0.25, -0.2) is 0 Å². The van der Waals surface area contributed by atoms with Gasteiger partial charge in [0.2, 0.25) is 5.88 Å². The summed E-state index contributed by atoms with van der Waals surface area (Å²) in [6.07, 6.45) is 0. The van der Waals surface area contributed by atoms with Gasteiger partial charge >= 0.3 is 0 Å². The summed E-state index contributed by atoms with van der Waals surface area (Å²) in [5, 5.41) is 16.3. The highest BCUT2D eigenvalue weighted by Gasteiger charge is 2.46. The van der Waals surface area contributed by atoms with E-state index in [1.54, 1.807) is 0 Å². The molecule has 14 rings (SSSR count). The van der Waals surface area contributed by atoms with E-state index in [0.29, 0.717) is 0 Å². The highest BCUT2D eigenvalue weighted by Crippen LogP contribution is 2.49. The summed E-state index contributed by atoms with van der Waals surface area (Å²) in [5.41, 5.74) is 12.9. The molecule has 0 amide bonds. The van der Waals surface area contributed by atoms with Gasteiger partial charge in [-0.1, -0.05) is 175 Å². The molecule has 0 spiro atoms. The third-order valence-corrected chi connectivity index (χ3v) is 15.3. The van der Waals surface area contributed by atoms with Crippen LogP contribution in [0.5, 0.6) is 0 Å². The van der Waals surface area contributed by atoms with Crippen molar-refractivity contribution in [2.45, 2.75) is 52.4 Å². The number of anilines is 6. The first-order valence-corrected chi connectivity index (χ1v) is 24.1. The maximum Gasteiger partial charge on any atom is 0.257 e.